The maximum atomic E-state index is 6.17. The first-order valence-corrected chi connectivity index (χ1v) is 7.28. The van der Waals surface area contributed by atoms with Gasteiger partial charge in [-0.25, -0.2) is 9.97 Å². The molecule has 1 aromatic carbocycles. The maximum Gasteiger partial charge on any atom is 0.155 e. The van der Waals surface area contributed by atoms with Gasteiger partial charge in [-0.2, -0.15) is 0 Å². The molecule has 2 heterocycles. The summed E-state index contributed by atoms with van der Waals surface area (Å²) in [4.78, 5) is 15.9. The highest BCUT2D eigenvalue weighted by Gasteiger charge is 2.12. The van der Waals surface area contributed by atoms with Crippen molar-refractivity contribution in [3.63, 3.8) is 0 Å². The molecule has 2 aromatic heterocycles. The van der Waals surface area contributed by atoms with Gasteiger partial charge in [0, 0.05) is 30.6 Å². The quantitative estimate of drug-likeness (QED) is 0.750. The third-order valence-corrected chi connectivity index (χ3v) is 4.12. The van der Waals surface area contributed by atoms with E-state index in [1.165, 1.54) is 18.1 Å². The number of pyridine rings is 1. The molecule has 0 atom stereocenters. The molecule has 0 radical (unpaired) electrons. The molecular weight excluding hydrogens is 282 g/mol. The summed E-state index contributed by atoms with van der Waals surface area (Å²) in [6, 6.07) is 10.1. The maximum absolute atomic E-state index is 6.17. The fourth-order valence-electron chi connectivity index (χ4n) is 2.07. The van der Waals surface area contributed by atoms with Crippen LogP contribution >= 0.6 is 11.8 Å². The van der Waals surface area contributed by atoms with Gasteiger partial charge in [0.2, 0.25) is 0 Å². The number of para-hydroxylation sites is 1. The van der Waals surface area contributed by atoms with E-state index in [1.54, 1.807) is 6.20 Å². The second-order valence-corrected chi connectivity index (χ2v) is 5.77. The van der Waals surface area contributed by atoms with Crippen molar-refractivity contribution in [2.45, 2.75) is 9.92 Å². The summed E-state index contributed by atoms with van der Waals surface area (Å²) in [6.45, 7) is 0. The van der Waals surface area contributed by atoms with E-state index in [-0.39, 0.29) is 0 Å². The summed E-state index contributed by atoms with van der Waals surface area (Å²) in [5.41, 5.74) is 7.71. The van der Waals surface area contributed by atoms with Crippen molar-refractivity contribution in [2.24, 2.45) is 0 Å². The van der Waals surface area contributed by atoms with Gasteiger partial charge < -0.3 is 10.6 Å². The van der Waals surface area contributed by atoms with Crippen molar-refractivity contribution in [2.75, 3.05) is 24.7 Å². The van der Waals surface area contributed by atoms with Gasteiger partial charge in [-0.05, 0) is 12.1 Å². The van der Waals surface area contributed by atoms with Crippen LogP contribution in [0, 0.1) is 0 Å². The van der Waals surface area contributed by atoms with Crippen LogP contribution in [0.5, 0.6) is 0 Å². The lowest BCUT2D eigenvalue weighted by atomic mass is 10.2. The lowest BCUT2D eigenvalue weighted by Crippen LogP contribution is -2.14. The van der Waals surface area contributed by atoms with Crippen molar-refractivity contribution in [3.05, 3.63) is 42.9 Å². The van der Waals surface area contributed by atoms with Gasteiger partial charge in [0.1, 0.15) is 17.0 Å². The number of fused-ring (bicyclic) bond motifs is 1. The average molecular weight is 297 g/mol. The molecular formula is C15H15N5S. The second kappa shape index (κ2) is 5.57. The summed E-state index contributed by atoms with van der Waals surface area (Å²) < 4.78 is 0. The normalized spacial score (nSPS) is 10.8. The van der Waals surface area contributed by atoms with E-state index in [2.05, 4.69) is 15.0 Å². The standard InChI is InChI=1S/C15H15N5S/c1-20(2)14-12(16)15(19-9-18-14)21-11-7-3-5-10-6-4-8-17-13(10)11/h3-9H,16H2,1-2H3. The molecule has 0 bridgehead atoms. The molecule has 0 saturated heterocycles. The van der Waals surface area contributed by atoms with E-state index in [4.69, 9.17) is 5.73 Å². The van der Waals surface area contributed by atoms with Crippen LogP contribution in [0.15, 0.2) is 52.8 Å². The Morgan fingerprint density at radius 3 is 2.67 bits per heavy atom. The highest BCUT2D eigenvalue weighted by Crippen LogP contribution is 2.36. The fraction of sp³-hybridized carbons (Fsp3) is 0.133. The predicted molar refractivity (Wildman–Crippen MR) is 86.6 cm³/mol. The third kappa shape index (κ3) is 2.62. The van der Waals surface area contributed by atoms with Crippen LogP contribution in [0.1, 0.15) is 0 Å². The summed E-state index contributed by atoms with van der Waals surface area (Å²) in [7, 11) is 3.82. The molecule has 3 rings (SSSR count). The van der Waals surface area contributed by atoms with Crippen LogP contribution in [0.2, 0.25) is 0 Å². The summed E-state index contributed by atoms with van der Waals surface area (Å²) in [5.74, 6) is 0.723. The number of anilines is 2. The van der Waals surface area contributed by atoms with Crippen LogP contribution in [0.25, 0.3) is 10.9 Å². The SMILES string of the molecule is CN(C)c1ncnc(Sc2cccc3cccnc23)c1N. The molecule has 5 nitrogen and oxygen atoms in total. The second-order valence-electron chi connectivity index (χ2n) is 4.74. The molecule has 6 heteroatoms. The molecule has 0 aliphatic carbocycles. The number of rotatable bonds is 3. The van der Waals surface area contributed by atoms with Crippen molar-refractivity contribution in [1.82, 2.24) is 15.0 Å². The van der Waals surface area contributed by atoms with E-state index in [9.17, 15) is 0 Å². The Morgan fingerprint density at radius 2 is 1.86 bits per heavy atom. The molecule has 0 aliphatic heterocycles. The molecule has 2 N–H and O–H groups in total. The lowest BCUT2D eigenvalue weighted by Gasteiger charge is -2.15. The predicted octanol–water partition coefficient (Wildman–Crippen LogP) is 2.82. The minimum atomic E-state index is 0.584. The summed E-state index contributed by atoms with van der Waals surface area (Å²) in [5, 5.41) is 1.84. The summed E-state index contributed by atoms with van der Waals surface area (Å²) >= 11 is 1.51. The number of aromatic nitrogens is 3. The zero-order valence-corrected chi connectivity index (χ0v) is 12.6. The summed E-state index contributed by atoms with van der Waals surface area (Å²) in [6.07, 6.45) is 3.33. The van der Waals surface area contributed by atoms with Gasteiger partial charge >= 0.3 is 0 Å². The first kappa shape index (κ1) is 13.6. The first-order valence-electron chi connectivity index (χ1n) is 6.46. The molecule has 0 spiro atoms. The Morgan fingerprint density at radius 1 is 1.05 bits per heavy atom. The van der Waals surface area contributed by atoms with Gasteiger partial charge in [0.25, 0.3) is 0 Å². The molecule has 21 heavy (non-hydrogen) atoms. The molecule has 106 valence electrons. The Labute approximate surface area is 127 Å². The number of nitrogens with two attached hydrogens (primary N) is 1. The van der Waals surface area contributed by atoms with Crippen LogP contribution < -0.4 is 10.6 Å². The highest BCUT2D eigenvalue weighted by molar-refractivity contribution is 7.99. The van der Waals surface area contributed by atoms with E-state index in [0.29, 0.717) is 5.69 Å². The van der Waals surface area contributed by atoms with Gasteiger partial charge in [-0.15, -0.1) is 0 Å². The van der Waals surface area contributed by atoms with Crippen LogP contribution in [-0.2, 0) is 0 Å². The monoisotopic (exact) mass is 297 g/mol. The van der Waals surface area contributed by atoms with Crippen molar-refractivity contribution < 1.29 is 0 Å². The van der Waals surface area contributed by atoms with Gasteiger partial charge in [0.15, 0.2) is 5.82 Å². The van der Waals surface area contributed by atoms with Gasteiger partial charge in [-0.1, -0.05) is 30.0 Å². The largest absolute Gasteiger partial charge is 0.394 e. The van der Waals surface area contributed by atoms with Crippen molar-refractivity contribution in [3.8, 4) is 0 Å². The van der Waals surface area contributed by atoms with Crippen LogP contribution in [0.4, 0.5) is 11.5 Å². The fourth-order valence-corrected chi connectivity index (χ4v) is 2.99. The third-order valence-electron chi connectivity index (χ3n) is 3.05. The van der Waals surface area contributed by atoms with E-state index in [1.807, 2.05) is 49.3 Å². The zero-order chi connectivity index (χ0) is 14.8. The van der Waals surface area contributed by atoms with Crippen LogP contribution in [-0.4, -0.2) is 29.0 Å². The van der Waals surface area contributed by atoms with Crippen molar-refractivity contribution in [1.29, 1.82) is 0 Å². The van der Waals surface area contributed by atoms with Crippen molar-refractivity contribution >= 4 is 34.2 Å². The molecule has 0 unspecified atom stereocenters. The highest BCUT2D eigenvalue weighted by atomic mass is 32.2. The van der Waals surface area contributed by atoms with E-state index >= 15 is 0 Å². The number of benzene rings is 1. The number of nitrogens with zero attached hydrogens (tertiary/aromatic N) is 4. The lowest BCUT2D eigenvalue weighted by molar-refractivity contribution is 0.993. The average Bonchev–Trinajstić information content (AvgIpc) is 2.49. The van der Waals surface area contributed by atoms with Crippen LogP contribution in [0.3, 0.4) is 0 Å². The van der Waals surface area contributed by atoms with E-state index < -0.39 is 0 Å². The van der Waals surface area contributed by atoms with Gasteiger partial charge in [-0.3, -0.25) is 4.98 Å². The Bertz CT molecular complexity index is 783. The smallest absolute Gasteiger partial charge is 0.155 e. The topological polar surface area (TPSA) is 67.9 Å². The van der Waals surface area contributed by atoms with E-state index in [0.717, 1.165) is 26.6 Å². The minimum Gasteiger partial charge on any atom is -0.394 e. The molecule has 0 saturated carbocycles. The molecule has 0 amide bonds. The number of nitrogen functional groups attached to an aromatic ring is 1. The minimum absolute atomic E-state index is 0.584. The molecule has 0 aliphatic rings. The molecule has 0 fully saturated rings. The number of hydrogen-bond acceptors (Lipinski definition) is 6. The Balaban J connectivity index is 2.05. The Kier molecular flexibility index (Phi) is 3.62. The Hall–Kier alpha value is -2.34. The zero-order valence-electron chi connectivity index (χ0n) is 11.8. The van der Waals surface area contributed by atoms with Gasteiger partial charge in [0.05, 0.1) is 5.52 Å². The molecule has 3 aromatic rings. The first-order chi connectivity index (χ1) is 10.2. The number of hydrogen-bond donors (Lipinski definition) is 1.